The smallest absolute Gasteiger partial charge is 0.408 e. The molecule has 2 aromatic heterocycles. The second kappa shape index (κ2) is 20.3. The number of hydrogen-bond acceptors (Lipinski definition) is 13. The van der Waals surface area contributed by atoms with Crippen LogP contribution in [0, 0.1) is 22.7 Å². The van der Waals surface area contributed by atoms with Crippen molar-refractivity contribution in [1.29, 1.82) is 0 Å². The summed E-state index contributed by atoms with van der Waals surface area (Å²) in [6.45, 7) is 17.9. The number of likely N-dealkylation sites (tertiary alicyclic amines) is 2. The first kappa shape index (κ1) is 51.1. The number of piperidine rings is 2. The number of hydrogen-bond donors (Lipinski definition) is 4. The first-order valence-corrected chi connectivity index (χ1v) is 24.1. The van der Waals surface area contributed by atoms with Crippen LogP contribution in [0.15, 0.2) is 49.1 Å². The molecular formula is C47H64Cl2N14O6. The fourth-order valence-corrected chi connectivity index (χ4v) is 9.77. The number of nitrogens with one attached hydrogen (secondary N) is 3. The van der Waals surface area contributed by atoms with Gasteiger partial charge < -0.3 is 36.2 Å². The van der Waals surface area contributed by atoms with E-state index in [9.17, 15) is 24.0 Å². The van der Waals surface area contributed by atoms with Gasteiger partial charge in [0.05, 0.1) is 17.4 Å². The molecule has 4 heterocycles. The molecule has 372 valence electrons. The van der Waals surface area contributed by atoms with Crippen LogP contribution in [-0.2, 0) is 37.0 Å². The van der Waals surface area contributed by atoms with Gasteiger partial charge in [-0.15, -0.1) is 10.2 Å². The minimum absolute atomic E-state index is 0.00380. The van der Waals surface area contributed by atoms with Gasteiger partial charge >= 0.3 is 6.09 Å². The minimum atomic E-state index is -0.807. The van der Waals surface area contributed by atoms with Gasteiger partial charge in [-0.25, -0.2) is 14.2 Å². The lowest BCUT2D eigenvalue weighted by Gasteiger charge is -2.33. The lowest BCUT2D eigenvalue weighted by molar-refractivity contribution is -0.142. The molecule has 2 aliphatic heterocycles. The van der Waals surface area contributed by atoms with Crippen molar-refractivity contribution in [2.24, 2.45) is 28.4 Å². The number of rotatable bonds is 13. The Labute approximate surface area is 412 Å². The molecule has 4 fully saturated rings. The van der Waals surface area contributed by atoms with Crippen LogP contribution in [0.2, 0.25) is 10.0 Å². The molecule has 20 nitrogen and oxygen atoms in total. The molecule has 5 N–H and O–H groups in total. The number of amides is 5. The van der Waals surface area contributed by atoms with Gasteiger partial charge in [-0.05, 0) is 150 Å². The van der Waals surface area contributed by atoms with Crippen molar-refractivity contribution < 1.29 is 28.7 Å². The fraction of sp³-hybridized carbons (Fsp3) is 0.596. The fourth-order valence-electron chi connectivity index (χ4n) is 9.38. The summed E-state index contributed by atoms with van der Waals surface area (Å²) in [4.78, 5) is 69.4. The highest BCUT2D eigenvalue weighted by atomic mass is 35.5. The van der Waals surface area contributed by atoms with Crippen molar-refractivity contribution in [3.8, 4) is 11.4 Å². The molecule has 2 saturated heterocycles. The first-order chi connectivity index (χ1) is 32.4. The van der Waals surface area contributed by atoms with E-state index in [0.717, 1.165) is 29.7 Å². The monoisotopic (exact) mass is 990 g/mol. The molecule has 69 heavy (non-hydrogen) atoms. The predicted molar refractivity (Wildman–Crippen MR) is 256 cm³/mol. The summed E-state index contributed by atoms with van der Waals surface area (Å²) in [5.41, 5.74) is 8.15. The first-order valence-electron chi connectivity index (χ1n) is 23.3. The van der Waals surface area contributed by atoms with Crippen molar-refractivity contribution in [3.05, 3.63) is 70.2 Å². The van der Waals surface area contributed by atoms with E-state index in [0.29, 0.717) is 47.3 Å². The van der Waals surface area contributed by atoms with E-state index in [1.54, 1.807) is 67.0 Å². The van der Waals surface area contributed by atoms with E-state index in [1.165, 1.54) is 22.0 Å². The third-order valence-corrected chi connectivity index (χ3v) is 12.9. The van der Waals surface area contributed by atoms with E-state index in [4.69, 9.17) is 33.7 Å². The van der Waals surface area contributed by atoms with Gasteiger partial charge in [0.25, 0.3) is 0 Å². The van der Waals surface area contributed by atoms with Gasteiger partial charge in [0, 0.05) is 35.2 Å². The molecule has 0 radical (unpaired) electrons. The number of aromatic nitrogens is 8. The summed E-state index contributed by atoms with van der Waals surface area (Å²) >= 11 is 12.4. The van der Waals surface area contributed by atoms with Crippen molar-refractivity contribution in [2.45, 2.75) is 156 Å². The summed E-state index contributed by atoms with van der Waals surface area (Å²) in [5.74, 6) is -0.129. The molecule has 2 aliphatic carbocycles. The molecule has 0 unspecified atom stereocenters. The normalized spacial score (nSPS) is 22.3. The molecule has 2 saturated carbocycles. The number of tetrazole rings is 2. The maximum atomic E-state index is 13.8. The van der Waals surface area contributed by atoms with Crippen LogP contribution >= 0.6 is 23.2 Å². The molecule has 2 aromatic carbocycles. The average Bonchev–Trinajstić information content (AvgIpc) is 3.78. The largest absolute Gasteiger partial charge is 0.444 e. The quantitative estimate of drug-likeness (QED) is 0.139. The second-order valence-electron chi connectivity index (χ2n) is 21.9. The number of benzene rings is 2. The van der Waals surface area contributed by atoms with Gasteiger partial charge in [-0.3, -0.25) is 19.2 Å². The highest BCUT2D eigenvalue weighted by Crippen LogP contribution is 2.49. The molecule has 22 heteroatoms. The van der Waals surface area contributed by atoms with Crippen LogP contribution in [0.5, 0.6) is 0 Å². The second-order valence-corrected chi connectivity index (χ2v) is 22.8. The van der Waals surface area contributed by atoms with Gasteiger partial charge in [-0.1, -0.05) is 64.7 Å². The van der Waals surface area contributed by atoms with E-state index in [2.05, 4.69) is 67.8 Å². The lowest BCUT2D eigenvalue weighted by Crippen LogP contribution is -2.56. The predicted octanol–water partition coefficient (Wildman–Crippen LogP) is 4.94. The number of nitrogens with zero attached hydrogens (tertiary/aromatic N) is 10. The highest BCUT2D eigenvalue weighted by molar-refractivity contribution is 6.31. The Hall–Kier alpha value is -5.73. The summed E-state index contributed by atoms with van der Waals surface area (Å²) in [6.07, 6.45) is 6.37. The third-order valence-electron chi connectivity index (χ3n) is 12.5. The topological polar surface area (TPSA) is 250 Å². The number of alkyl carbamates (subject to hydrolysis) is 1. The molecule has 4 aliphatic rings. The maximum Gasteiger partial charge on any atom is 0.408 e. The average molecular weight is 992 g/mol. The Morgan fingerprint density at radius 2 is 1.13 bits per heavy atom. The maximum absolute atomic E-state index is 13.8. The molecule has 4 aromatic rings. The minimum Gasteiger partial charge on any atom is -0.444 e. The van der Waals surface area contributed by atoms with Crippen LogP contribution < -0.4 is 21.7 Å². The van der Waals surface area contributed by atoms with E-state index >= 15 is 0 Å². The molecule has 8 rings (SSSR count). The van der Waals surface area contributed by atoms with E-state index in [1.807, 2.05) is 20.8 Å². The summed E-state index contributed by atoms with van der Waals surface area (Å²) in [5, 5.41) is 32.3. The van der Waals surface area contributed by atoms with Crippen LogP contribution in [-0.4, -0.2) is 122 Å². The molecular weight excluding hydrogens is 928 g/mol. The number of nitrogens with two attached hydrogens (primary N) is 1. The Morgan fingerprint density at radius 1 is 0.681 bits per heavy atom. The Morgan fingerprint density at radius 3 is 1.54 bits per heavy atom. The third kappa shape index (κ3) is 13.1. The number of carbonyl (C=O) groups excluding carboxylic acids is 5. The number of fused-ring (bicyclic) bond motifs is 2. The summed E-state index contributed by atoms with van der Waals surface area (Å²) < 4.78 is 8.43. The van der Waals surface area contributed by atoms with Crippen LogP contribution in [0.25, 0.3) is 11.4 Å². The SMILES string of the molecule is CC(C)(C)C[C@@H](N)C(=O)N1[C@H](C(=O)NCc2cc(Cl)ccc2-n2cnnn2)C[C@@H]2C[C@@H]21.CC(C)(C)C[C@@H](NC(=O)OC(C)(C)C)C(=O)N1[C@H](C(=O)NCc2cc(Cl)ccc2-n2cnnn2)C[C@@H]2C[C@@H]21. The molecule has 5 amide bonds. The summed E-state index contributed by atoms with van der Waals surface area (Å²) in [7, 11) is 0. The molecule has 0 spiro atoms. The standard InChI is InChI=1S/C26H36ClN7O4.C21H28ClN7O2/c1-25(2,3)12-18(30-24(37)38-26(4,5)6)23(36)34-20-10-15(20)11-21(34)22(35)28-13-16-9-17(27)7-8-19(16)33-14-29-31-32-33;1-21(2,3)9-15(23)20(31)29-17-7-12(17)8-18(29)19(30)24-10-13-6-14(22)4-5-16(13)28-11-25-26-27-28/h7-9,14-15,18,20-21H,10-13H2,1-6H3,(H,28,35)(H,30,37);4-6,11-12,15,17-18H,7-10,23H2,1-3H3,(H,24,30)/t15-,18+,20-,21-;12-,15+,17-,18-/m00/s1. The number of carbonyl (C=O) groups is 5. The Balaban J connectivity index is 0.000000208. The molecule has 0 bridgehead atoms. The number of ether oxygens (including phenoxy) is 1. The Bertz CT molecular complexity index is 2500. The Kier molecular flexibility index (Phi) is 15.1. The van der Waals surface area contributed by atoms with Crippen LogP contribution in [0.3, 0.4) is 0 Å². The lowest BCUT2D eigenvalue weighted by atomic mass is 9.87. The van der Waals surface area contributed by atoms with Crippen LogP contribution in [0.4, 0.5) is 4.79 Å². The molecule has 8 atom stereocenters. The van der Waals surface area contributed by atoms with E-state index < -0.39 is 35.9 Å². The van der Waals surface area contributed by atoms with Gasteiger partial charge in [0.15, 0.2) is 0 Å². The zero-order valence-corrected chi connectivity index (χ0v) is 42.2. The van der Waals surface area contributed by atoms with Crippen molar-refractivity contribution in [3.63, 3.8) is 0 Å². The van der Waals surface area contributed by atoms with Crippen molar-refractivity contribution >= 4 is 52.9 Å². The van der Waals surface area contributed by atoms with Crippen molar-refractivity contribution in [2.75, 3.05) is 0 Å². The highest BCUT2D eigenvalue weighted by Gasteiger charge is 2.58. The van der Waals surface area contributed by atoms with Crippen LogP contribution in [0.1, 0.15) is 112 Å². The van der Waals surface area contributed by atoms with Gasteiger partial charge in [-0.2, -0.15) is 0 Å². The van der Waals surface area contributed by atoms with Gasteiger partial charge in [0.2, 0.25) is 23.6 Å². The summed E-state index contributed by atoms with van der Waals surface area (Å²) in [6, 6.07) is 8.18. The van der Waals surface area contributed by atoms with E-state index in [-0.39, 0.29) is 65.5 Å². The van der Waals surface area contributed by atoms with Crippen molar-refractivity contribution in [1.82, 2.24) is 66.2 Å². The zero-order chi connectivity index (χ0) is 50.2. The number of halogens is 2. The zero-order valence-electron chi connectivity index (χ0n) is 40.6. The van der Waals surface area contributed by atoms with Gasteiger partial charge in [0.1, 0.15) is 36.4 Å².